The number of nitrogens with zero attached hydrogens (tertiary/aromatic N) is 3. The van der Waals surface area contributed by atoms with Crippen molar-refractivity contribution >= 4 is 28.5 Å². The number of carbonyl (C=O) groups excluding carboxylic acids is 2. The van der Waals surface area contributed by atoms with Crippen LogP contribution < -0.4 is 10.9 Å². The van der Waals surface area contributed by atoms with Gasteiger partial charge in [0.1, 0.15) is 24.9 Å². The van der Waals surface area contributed by atoms with Crippen molar-refractivity contribution < 1.29 is 18.7 Å². The molecule has 0 aliphatic rings. The predicted octanol–water partition coefficient (Wildman–Crippen LogP) is -0.0785. The Morgan fingerprint density at radius 3 is 3.00 bits per heavy atom. The quantitative estimate of drug-likeness (QED) is 0.659. The zero-order valence-corrected chi connectivity index (χ0v) is 12.3. The van der Waals surface area contributed by atoms with Crippen molar-refractivity contribution in [2.45, 2.75) is 13.5 Å². The van der Waals surface area contributed by atoms with E-state index in [1.165, 1.54) is 12.6 Å². The highest BCUT2D eigenvalue weighted by Gasteiger charge is 2.13. The molecule has 0 spiro atoms. The highest BCUT2D eigenvalue weighted by molar-refractivity contribution is 5.83. The standard InChI is InChI=1S/C14H14N4O5/c1-2-22-13(20)6-15-12(19)7-18-14(21)10-5-11-9(3-4-23-11)17(10)8-16-18/h3-5,8H,2,6-7H2,1H3,(H,15,19). The molecule has 9 nitrogen and oxygen atoms in total. The summed E-state index contributed by atoms with van der Waals surface area (Å²) in [6.45, 7) is 1.37. The normalized spacial score (nSPS) is 11.0. The zero-order chi connectivity index (χ0) is 16.4. The molecule has 0 aliphatic carbocycles. The summed E-state index contributed by atoms with van der Waals surface area (Å²) in [4.78, 5) is 35.3. The maximum Gasteiger partial charge on any atom is 0.325 e. The van der Waals surface area contributed by atoms with Crippen LogP contribution in [0.5, 0.6) is 0 Å². The Labute approximate surface area is 129 Å². The molecule has 0 bridgehead atoms. The molecule has 0 radical (unpaired) electrons. The summed E-state index contributed by atoms with van der Waals surface area (Å²) in [5, 5.41) is 6.33. The van der Waals surface area contributed by atoms with Crippen molar-refractivity contribution in [1.82, 2.24) is 19.5 Å². The predicted molar refractivity (Wildman–Crippen MR) is 78.9 cm³/mol. The molecule has 3 aromatic rings. The van der Waals surface area contributed by atoms with Gasteiger partial charge in [-0.3, -0.25) is 18.8 Å². The van der Waals surface area contributed by atoms with E-state index in [1.807, 2.05) is 0 Å². The number of carbonyl (C=O) groups is 2. The third-order valence-corrected chi connectivity index (χ3v) is 3.25. The molecule has 3 rings (SSSR count). The van der Waals surface area contributed by atoms with E-state index < -0.39 is 17.4 Å². The SMILES string of the molecule is CCOC(=O)CNC(=O)Cn1ncn2c(cc3occc32)c1=O. The lowest BCUT2D eigenvalue weighted by atomic mass is 10.5. The van der Waals surface area contributed by atoms with E-state index in [9.17, 15) is 14.4 Å². The molecular formula is C14H14N4O5. The van der Waals surface area contributed by atoms with Gasteiger partial charge in [0.2, 0.25) is 5.91 Å². The summed E-state index contributed by atoms with van der Waals surface area (Å²) < 4.78 is 12.6. The summed E-state index contributed by atoms with van der Waals surface area (Å²) in [6.07, 6.45) is 2.96. The lowest BCUT2D eigenvalue weighted by Gasteiger charge is -2.06. The summed E-state index contributed by atoms with van der Waals surface area (Å²) in [7, 11) is 0. The molecular weight excluding hydrogens is 304 g/mol. The summed E-state index contributed by atoms with van der Waals surface area (Å²) >= 11 is 0. The minimum atomic E-state index is -0.538. The van der Waals surface area contributed by atoms with Crippen molar-refractivity contribution in [3.63, 3.8) is 0 Å². The fraction of sp³-hybridized carbons (Fsp3) is 0.286. The van der Waals surface area contributed by atoms with Gasteiger partial charge < -0.3 is 14.5 Å². The van der Waals surface area contributed by atoms with Crippen molar-refractivity contribution in [2.24, 2.45) is 0 Å². The second kappa shape index (κ2) is 5.95. The molecule has 0 unspecified atom stereocenters. The van der Waals surface area contributed by atoms with Gasteiger partial charge in [-0.15, -0.1) is 0 Å². The Morgan fingerprint density at radius 1 is 1.39 bits per heavy atom. The third kappa shape index (κ3) is 2.80. The Hall–Kier alpha value is -3.10. The molecule has 0 atom stereocenters. The molecule has 120 valence electrons. The zero-order valence-electron chi connectivity index (χ0n) is 12.3. The Balaban J connectivity index is 1.78. The maximum absolute atomic E-state index is 12.3. The van der Waals surface area contributed by atoms with Crippen LogP contribution in [0.4, 0.5) is 0 Å². The first kappa shape index (κ1) is 14.8. The van der Waals surface area contributed by atoms with Gasteiger partial charge in [-0.25, -0.2) is 4.68 Å². The average Bonchev–Trinajstić information content (AvgIpc) is 3.10. The van der Waals surface area contributed by atoms with E-state index in [-0.39, 0.29) is 19.7 Å². The van der Waals surface area contributed by atoms with Crippen molar-refractivity contribution in [1.29, 1.82) is 0 Å². The number of esters is 1. The number of aromatic nitrogens is 3. The fourth-order valence-electron chi connectivity index (χ4n) is 2.22. The van der Waals surface area contributed by atoms with Crippen LogP contribution >= 0.6 is 0 Å². The van der Waals surface area contributed by atoms with Gasteiger partial charge in [-0.1, -0.05) is 0 Å². The van der Waals surface area contributed by atoms with Crippen molar-refractivity contribution in [2.75, 3.05) is 13.2 Å². The minimum Gasteiger partial charge on any atom is -0.465 e. The molecule has 3 heterocycles. The number of hydrogen-bond donors (Lipinski definition) is 1. The van der Waals surface area contributed by atoms with Crippen LogP contribution in [0.25, 0.3) is 16.6 Å². The molecule has 0 aromatic carbocycles. The van der Waals surface area contributed by atoms with Gasteiger partial charge in [0, 0.05) is 12.1 Å². The molecule has 0 saturated carbocycles. The monoisotopic (exact) mass is 318 g/mol. The van der Waals surface area contributed by atoms with Crippen LogP contribution in [0.15, 0.2) is 33.9 Å². The Bertz CT molecular complexity index is 936. The molecule has 1 amide bonds. The highest BCUT2D eigenvalue weighted by Crippen LogP contribution is 2.18. The van der Waals surface area contributed by atoms with Gasteiger partial charge in [-0.05, 0) is 6.92 Å². The van der Waals surface area contributed by atoms with Crippen molar-refractivity contribution in [3.8, 4) is 0 Å². The lowest BCUT2D eigenvalue weighted by molar-refractivity contribution is -0.143. The van der Waals surface area contributed by atoms with Crippen LogP contribution in [0.1, 0.15) is 6.92 Å². The number of rotatable bonds is 5. The van der Waals surface area contributed by atoms with Gasteiger partial charge >= 0.3 is 5.97 Å². The number of amides is 1. The lowest BCUT2D eigenvalue weighted by Crippen LogP contribution is -2.37. The first-order chi connectivity index (χ1) is 11.1. The fourth-order valence-corrected chi connectivity index (χ4v) is 2.22. The van der Waals surface area contributed by atoms with Crippen LogP contribution in [0, 0.1) is 0 Å². The molecule has 9 heteroatoms. The van der Waals surface area contributed by atoms with Crippen LogP contribution in [0.2, 0.25) is 0 Å². The van der Waals surface area contributed by atoms with Crippen LogP contribution in [-0.2, 0) is 20.9 Å². The molecule has 1 N–H and O–H groups in total. The molecule has 3 aromatic heterocycles. The maximum atomic E-state index is 12.3. The Kier molecular flexibility index (Phi) is 3.83. The van der Waals surface area contributed by atoms with Crippen LogP contribution in [0.3, 0.4) is 0 Å². The summed E-state index contributed by atoms with van der Waals surface area (Å²) in [5.41, 5.74) is 1.22. The van der Waals surface area contributed by atoms with E-state index in [2.05, 4.69) is 10.4 Å². The topological polar surface area (TPSA) is 108 Å². The number of fused-ring (bicyclic) bond motifs is 3. The van der Waals surface area contributed by atoms with Gasteiger partial charge in [0.25, 0.3) is 5.56 Å². The number of ether oxygens (including phenoxy) is 1. The first-order valence-electron chi connectivity index (χ1n) is 6.97. The van der Waals surface area contributed by atoms with E-state index >= 15 is 0 Å². The van der Waals surface area contributed by atoms with Gasteiger partial charge in [0.15, 0.2) is 5.58 Å². The van der Waals surface area contributed by atoms with E-state index in [1.54, 1.807) is 23.5 Å². The molecule has 0 fully saturated rings. The second-order valence-corrected chi connectivity index (χ2v) is 4.75. The summed E-state index contributed by atoms with van der Waals surface area (Å²) in [5.74, 6) is -1.05. The Morgan fingerprint density at radius 2 is 2.22 bits per heavy atom. The highest BCUT2D eigenvalue weighted by atomic mass is 16.5. The minimum absolute atomic E-state index is 0.238. The number of hydrogen-bond acceptors (Lipinski definition) is 6. The second-order valence-electron chi connectivity index (χ2n) is 4.75. The van der Waals surface area contributed by atoms with Gasteiger partial charge in [-0.2, -0.15) is 5.10 Å². The number of furan rings is 1. The molecule has 0 saturated heterocycles. The average molecular weight is 318 g/mol. The third-order valence-electron chi connectivity index (χ3n) is 3.25. The number of nitrogens with one attached hydrogen (secondary N) is 1. The van der Waals surface area contributed by atoms with Crippen LogP contribution in [-0.4, -0.2) is 39.2 Å². The van der Waals surface area contributed by atoms with E-state index in [4.69, 9.17) is 9.15 Å². The smallest absolute Gasteiger partial charge is 0.325 e. The van der Waals surface area contributed by atoms with Gasteiger partial charge in [0.05, 0.1) is 18.4 Å². The van der Waals surface area contributed by atoms with E-state index in [0.29, 0.717) is 11.1 Å². The molecule has 23 heavy (non-hydrogen) atoms. The summed E-state index contributed by atoms with van der Waals surface area (Å²) in [6, 6.07) is 3.31. The van der Waals surface area contributed by atoms with E-state index in [0.717, 1.165) is 10.2 Å². The molecule has 0 aliphatic heterocycles. The largest absolute Gasteiger partial charge is 0.465 e. The van der Waals surface area contributed by atoms with Crippen molar-refractivity contribution in [3.05, 3.63) is 35.1 Å². The first-order valence-corrected chi connectivity index (χ1v) is 6.97.